The van der Waals surface area contributed by atoms with Gasteiger partial charge < -0.3 is 5.32 Å². The fraction of sp³-hybridized carbons (Fsp3) is 0.273. The molecule has 2 aliphatic carbocycles. The first-order chi connectivity index (χ1) is 13.9. The van der Waals surface area contributed by atoms with Crippen molar-refractivity contribution in [2.75, 3.05) is 10.2 Å². The largest absolute Gasteiger partial charge is 0.350 e. The molecule has 1 saturated heterocycles. The molecule has 2 bridgehead atoms. The van der Waals surface area contributed by atoms with Gasteiger partial charge in [0.2, 0.25) is 11.8 Å². The fourth-order valence-corrected chi connectivity index (χ4v) is 4.95. The molecule has 7 nitrogen and oxygen atoms in total. The Bertz CT molecular complexity index is 1060. The second kappa shape index (κ2) is 6.27. The third-order valence-corrected chi connectivity index (χ3v) is 6.20. The summed E-state index contributed by atoms with van der Waals surface area (Å²) in [5, 5.41) is 14.7. The van der Waals surface area contributed by atoms with Crippen LogP contribution in [0.15, 0.2) is 54.6 Å². The molecule has 1 saturated carbocycles. The lowest BCUT2D eigenvalue weighted by Gasteiger charge is -2.18. The molecule has 1 N–H and O–H groups in total. The number of amides is 2. The maximum absolute atomic E-state index is 13.0. The van der Waals surface area contributed by atoms with Gasteiger partial charge >= 0.3 is 0 Å². The molecular formula is C22H19N3O4. The summed E-state index contributed by atoms with van der Waals surface area (Å²) in [5.41, 5.74) is 2.15. The average Bonchev–Trinajstić information content (AvgIpc) is 3.36. The van der Waals surface area contributed by atoms with E-state index >= 15 is 0 Å². The maximum atomic E-state index is 13.0. The zero-order valence-electron chi connectivity index (χ0n) is 15.7. The van der Waals surface area contributed by atoms with Crippen LogP contribution in [0, 0.1) is 40.7 Å². The first-order valence-electron chi connectivity index (χ1n) is 9.62. The number of hydrogen-bond donors (Lipinski definition) is 1. The van der Waals surface area contributed by atoms with Crippen LogP contribution in [0.25, 0.3) is 0 Å². The van der Waals surface area contributed by atoms with Gasteiger partial charge in [0.05, 0.1) is 22.4 Å². The highest BCUT2D eigenvalue weighted by molar-refractivity contribution is 6.23. The minimum Gasteiger partial charge on any atom is -0.350 e. The van der Waals surface area contributed by atoms with Crippen LogP contribution in [-0.2, 0) is 9.59 Å². The van der Waals surface area contributed by atoms with Crippen LogP contribution in [0.5, 0.6) is 0 Å². The number of nitrogens with one attached hydrogen (secondary N) is 1. The van der Waals surface area contributed by atoms with Gasteiger partial charge in [0.1, 0.15) is 5.69 Å². The average molecular weight is 389 g/mol. The number of fused-ring (bicyclic) bond motifs is 5. The molecule has 7 heteroatoms. The first kappa shape index (κ1) is 17.6. The first-order valence-corrected chi connectivity index (χ1v) is 9.62. The Morgan fingerprint density at radius 3 is 2.34 bits per heavy atom. The van der Waals surface area contributed by atoms with E-state index in [2.05, 4.69) is 5.32 Å². The van der Waals surface area contributed by atoms with Crippen molar-refractivity contribution in [1.82, 2.24) is 0 Å². The molecule has 2 amide bonds. The molecule has 3 aliphatic rings. The van der Waals surface area contributed by atoms with E-state index in [1.807, 2.05) is 43.3 Å². The molecule has 0 radical (unpaired) electrons. The van der Waals surface area contributed by atoms with E-state index in [4.69, 9.17) is 0 Å². The number of hydrogen-bond acceptors (Lipinski definition) is 5. The monoisotopic (exact) mass is 389 g/mol. The molecule has 2 aromatic rings. The summed E-state index contributed by atoms with van der Waals surface area (Å²) in [4.78, 5) is 38.3. The number of rotatable bonds is 4. The van der Waals surface area contributed by atoms with Gasteiger partial charge in [-0.25, -0.2) is 4.90 Å². The Hall–Kier alpha value is -3.48. The molecule has 0 aromatic heterocycles. The minimum absolute atomic E-state index is 0.101. The van der Waals surface area contributed by atoms with Gasteiger partial charge in [0.25, 0.3) is 5.69 Å². The van der Waals surface area contributed by atoms with Crippen molar-refractivity contribution in [1.29, 1.82) is 0 Å². The molecule has 146 valence electrons. The van der Waals surface area contributed by atoms with Crippen LogP contribution >= 0.6 is 0 Å². The maximum Gasteiger partial charge on any atom is 0.294 e. The Morgan fingerprint density at radius 1 is 1.03 bits per heavy atom. The lowest BCUT2D eigenvalue weighted by molar-refractivity contribution is -0.383. The molecular weight excluding hydrogens is 370 g/mol. The van der Waals surface area contributed by atoms with Gasteiger partial charge in [-0.2, -0.15) is 0 Å². The van der Waals surface area contributed by atoms with Crippen LogP contribution < -0.4 is 10.2 Å². The quantitative estimate of drug-likeness (QED) is 0.370. The van der Waals surface area contributed by atoms with Gasteiger partial charge in [0, 0.05) is 11.8 Å². The second-order valence-corrected chi connectivity index (χ2v) is 7.96. The number of anilines is 3. The van der Waals surface area contributed by atoms with Crippen molar-refractivity contribution in [3.05, 3.63) is 70.3 Å². The Morgan fingerprint density at radius 2 is 1.72 bits per heavy atom. The summed E-state index contributed by atoms with van der Waals surface area (Å²) >= 11 is 0. The van der Waals surface area contributed by atoms with Crippen LogP contribution in [0.4, 0.5) is 22.7 Å². The Balaban J connectivity index is 1.49. The Kier molecular flexibility index (Phi) is 3.81. The van der Waals surface area contributed by atoms with Crippen molar-refractivity contribution in [2.24, 2.45) is 23.7 Å². The van der Waals surface area contributed by atoms with Crippen LogP contribution in [0.2, 0.25) is 0 Å². The third-order valence-electron chi connectivity index (χ3n) is 6.20. The van der Waals surface area contributed by atoms with Crippen molar-refractivity contribution in [3.63, 3.8) is 0 Å². The molecule has 4 atom stereocenters. The fourth-order valence-electron chi connectivity index (χ4n) is 4.95. The molecule has 5 rings (SSSR count). The standard InChI is InChI=1S/C22H19N3O4/c1-12-3-2-4-15(9-12)23-17-8-7-16(11-18(17)25(28)29)24-21(26)19-13-5-6-14(10-13)20(19)22(24)27/h2-9,11,13-14,19-20,23H,10H2,1H3/t13-,14-,19-,20-/m0/s1. The van der Waals surface area contributed by atoms with Crippen molar-refractivity contribution < 1.29 is 14.5 Å². The number of nitro benzene ring substituents is 1. The number of nitro groups is 1. The highest BCUT2D eigenvalue weighted by Gasteiger charge is 2.59. The lowest BCUT2D eigenvalue weighted by atomic mass is 9.85. The number of carbonyl (C=O) groups is 2. The van der Waals surface area contributed by atoms with E-state index in [9.17, 15) is 19.7 Å². The van der Waals surface area contributed by atoms with E-state index in [0.29, 0.717) is 5.69 Å². The number of nitrogens with zero attached hydrogens (tertiary/aromatic N) is 2. The minimum atomic E-state index is -0.501. The smallest absolute Gasteiger partial charge is 0.294 e. The number of allylic oxidation sites excluding steroid dienone is 2. The predicted molar refractivity (Wildman–Crippen MR) is 108 cm³/mol. The number of carbonyl (C=O) groups excluding carboxylic acids is 2. The molecule has 2 aromatic carbocycles. The summed E-state index contributed by atoms with van der Waals surface area (Å²) in [6, 6.07) is 12.0. The summed E-state index contributed by atoms with van der Waals surface area (Å²) in [7, 11) is 0. The molecule has 0 spiro atoms. The van der Waals surface area contributed by atoms with E-state index < -0.39 is 4.92 Å². The van der Waals surface area contributed by atoms with Gasteiger partial charge in [-0.05, 0) is 55.0 Å². The van der Waals surface area contributed by atoms with E-state index in [0.717, 1.165) is 22.6 Å². The molecule has 1 aliphatic heterocycles. The second-order valence-electron chi connectivity index (χ2n) is 7.96. The molecule has 29 heavy (non-hydrogen) atoms. The number of benzene rings is 2. The van der Waals surface area contributed by atoms with E-state index in [-0.39, 0.29) is 46.9 Å². The van der Waals surface area contributed by atoms with Gasteiger partial charge in [-0.3, -0.25) is 19.7 Å². The normalized spacial score (nSPS) is 26.9. The van der Waals surface area contributed by atoms with Crippen LogP contribution in [-0.4, -0.2) is 16.7 Å². The molecule has 2 fully saturated rings. The highest BCUT2D eigenvalue weighted by atomic mass is 16.6. The van der Waals surface area contributed by atoms with Crippen molar-refractivity contribution in [3.8, 4) is 0 Å². The van der Waals surface area contributed by atoms with Crippen molar-refractivity contribution in [2.45, 2.75) is 13.3 Å². The van der Waals surface area contributed by atoms with Gasteiger partial charge in [0.15, 0.2) is 0 Å². The summed E-state index contributed by atoms with van der Waals surface area (Å²) in [5.74, 6) is -0.952. The lowest BCUT2D eigenvalue weighted by Crippen LogP contribution is -2.32. The summed E-state index contributed by atoms with van der Waals surface area (Å²) in [6.07, 6.45) is 4.90. The Labute approximate surface area is 167 Å². The number of aryl methyl sites for hydroxylation is 1. The van der Waals surface area contributed by atoms with Gasteiger partial charge in [-0.1, -0.05) is 24.3 Å². The zero-order valence-corrected chi connectivity index (χ0v) is 15.7. The molecule has 1 heterocycles. The summed E-state index contributed by atoms with van der Waals surface area (Å²) in [6.45, 7) is 1.94. The van der Waals surface area contributed by atoms with E-state index in [1.165, 1.54) is 6.07 Å². The zero-order chi connectivity index (χ0) is 20.3. The SMILES string of the molecule is Cc1cccc(Nc2ccc(N3C(=O)[C@@H]4[C@@H](C3=O)[C@H]3C=C[C@H]4C3)cc2[N+](=O)[O-])c1. The summed E-state index contributed by atoms with van der Waals surface area (Å²) < 4.78 is 0. The third kappa shape index (κ3) is 2.65. The topological polar surface area (TPSA) is 92.6 Å². The van der Waals surface area contributed by atoms with Crippen LogP contribution in [0.3, 0.4) is 0 Å². The van der Waals surface area contributed by atoms with Crippen LogP contribution in [0.1, 0.15) is 12.0 Å². The predicted octanol–water partition coefficient (Wildman–Crippen LogP) is 3.96. The van der Waals surface area contributed by atoms with E-state index in [1.54, 1.807) is 12.1 Å². The van der Waals surface area contributed by atoms with Crippen molar-refractivity contribution >= 4 is 34.6 Å². The van der Waals surface area contributed by atoms with Gasteiger partial charge in [-0.15, -0.1) is 0 Å². The number of imide groups is 1. The molecule has 0 unspecified atom stereocenters. The highest BCUT2D eigenvalue weighted by Crippen LogP contribution is 2.53.